The third-order valence-corrected chi connectivity index (χ3v) is 4.12. The van der Waals surface area contributed by atoms with E-state index in [-0.39, 0.29) is 26.2 Å². The minimum Gasteiger partial charge on any atom is -0.175 e. The van der Waals surface area contributed by atoms with E-state index >= 15 is 0 Å². The van der Waals surface area contributed by atoms with Gasteiger partial charge in [-0.05, 0) is 12.3 Å². The Labute approximate surface area is 139 Å². The first-order chi connectivity index (χ1) is 9.33. The first-order valence-electron chi connectivity index (χ1n) is 6.82. The zero-order chi connectivity index (χ0) is 12.8. The summed E-state index contributed by atoms with van der Waals surface area (Å²) in [5, 5.41) is 0. The average molecular weight is 335 g/mol. The third-order valence-electron chi connectivity index (χ3n) is 4.12. The summed E-state index contributed by atoms with van der Waals surface area (Å²) in [6, 6.07) is 14.7. The molecule has 2 aromatic rings. The van der Waals surface area contributed by atoms with E-state index in [1.807, 2.05) is 0 Å². The molecule has 20 heavy (non-hydrogen) atoms. The molecule has 0 N–H and O–H groups in total. The van der Waals surface area contributed by atoms with E-state index in [0.717, 1.165) is 6.42 Å². The van der Waals surface area contributed by atoms with Crippen molar-refractivity contribution < 1.29 is 26.2 Å². The quantitative estimate of drug-likeness (QED) is 0.572. The third kappa shape index (κ3) is 2.09. The predicted octanol–water partition coefficient (Wildman–Crippen LogP) is 4.57. The Hall–Kier alpha value is -1.20. The Kier molecular flexibility index (Phi) is 3.65. The topological polar surface area (TPSA) is 0 Å². The number of hydrogen-bond donors (Lipinski definition) is 0. The maximum absolute atomic E-state index is 3.65. The van der Waals surface area contributed by atoms with Crippen LogP contribution in [0.15, 0.2) is 54.6 Å². The summed E-state index contributed by atoms with van der Waals surface area (Å²) in [5.74, 6) is 0.410. The zero-order valence-electron chi connectivity index (χ0n) is 11.5. The number of aryl methyl sites for hydroxylation is 1. The summed E-state index contributed by atoms with van der Waals surface area (Å²) in [5.41, 5.74) is 8.29. The van der Waals surface area contributed by atoms with Gasteiger partial charge in [0.05, 0.1) is 0 Å². The van der Waals surface area contributed by atoms with Gasteiger partial charge in [0.15, 0.2) is 0 Å². The van der Waals surface area contributed by atoms with E-state index in [1.54, 1.807) is 0 Å². The van der Waals surface area contributed by atoms with Crippen LogP contribution in [0.4, 0.5) is 0 Å². The maximum atomic E-state index is 3.65. The summed E-state index contributed by atoms with van der Waals surface area (Å²) in [6.45, 7) is 2.22. The van der Waals surface area contributed by atoms with E-state index in [2.05, 4.69) is 67.6 Å². The van der Waals surface area contributed by atoms with Crippen molar-refractivity contribution in [1.82, 2.24) is 0 Å². The Morgan fingerprint density at radius 3 is 2.65 bits per heavy atom. The smallest absolute Gasteiger partial charge is 0 e. The van der Waals surface area contributed by atoms with E-state index in [9.17, 15) is 0 Å². The largest absolute Gasteiger partial charge is 0.175 e. The van der Waals surface area contributed by atoms with Crippen LogP contribution >= 0.6 is 0 Å². The fourth-order valence-corrected chi connectivity index (χ4v) is 3.25. The molecule has 0 nitrogen and oxygen atoms in total. The normalized spacial score (nSPS) is 15.1. The number of allylic oxidation sites excluding steroid dienone is 4. The molecule has 1 heteroatoms. The molecule has 0 atom stereocenters. The summed E-state index contributed by atoms with van der Waals surface area (Å²) >= 11 is 0. The van der Waals surface area contributed by atoms with E-state index in [1.165, 1.54) is 33.4 Å². The molecule has 0 saturated heterocycles. The Morgan fingerprint density at radius 1 is 1.10 bits per heavy atom. The number of benzene rings is 2. The van der Waals surface area contributed by atoms with Gasteiger partial charge in [-0.1, -0.05) is 66.6 Å². The average Bonchev–Trinajstić information content (AvgIpc) is 3.05. The summed E-state index contributed by atoms with van der Waals surface area (Å²) in [4.78, 5) is 0. The molecule has 4 rings (SSSR count). The second kappa shape index (κ2) is 5.30. The van der Waals surface area contributed by atoms with Crippen LogP contribution in [0.5, 0.6) is 0 Å². The van der Waals surface area contributed by atoms with Gasteiger partial charge in [0.2, 0.25) is 0 Å². The number of rotatable bonds is 1. The van der Waals surface area contributed by atoms with Crippen molar-refractivity contribution in [3.05, 3.63) is 83.0 Å². The molecule has 2 aromatic carbocycles. The Morgan fingerprint density at radius 2 is 1.85 bits per heavy atom. The van der Waals surface area contributed by atoms with Crippen LogP contribution in [-0.4, -0.2) is 0 Å². The molecule has 0 saturated carbocycles. The van der Waals surface area contributed by atoms with Crippen LogP contribution in [0.3, 0.4) is 0 Å². The monoisotopic (exact) mass is 333 g/mol. The standard InChI is InChI=1S/C19H15.Zr/c1-13-10-16(14-6-2-3-7-14)12-17-11-15-8-4-5-9-18(15)19(13)17;/h2-10,14H,11H2,1H3;/q-1;. The van der Waals surface area contributed by atoms with Crippen molar-refractivity contribution in [2.45, 2.75) is 19.3 Å². The van der Waals surface area contributed by atoms with Gasteiger partial charge in [-0.15, -0.1) is 11.1 Å². The second-order valence-electron chi connectivity index (χ2n) is 5.39. The molecule has 2 aliphatic carbocycles. The van der Waals surface area contributed by atoms with Crippen molar-refractivity contribution >= 4 is 0 Å². The molecule has 0 aromatic heterocycles. The van der Waals surface area contributed by atoms with Crippen molar-refractivity contribution in [2.24, 2.45) is 0 Å². The first-order valence-corrected chi connectivity index (χ1v) is 6.82. The fraction of sp³-hybridized carbons (Fsp3) is 0.158. The van der Waals surface area contributed by atoms with Gasteiger partial charge in [0.1, 0.15) is 0 Å². The van der Waals surface area contributed by atoms with Gasteiger partial charge < -0.3 is 0 Å². The van der Waals surface area contributed by atoms with Crippen molar-refractivity contribution in [3.63, 3.8) is 0 Å². The number of fused-ring (bicyclic) bond motifs is 3. The Bertz CT molecular complexity index is 711. The van der Waals surface area contributed by atoms with Crippen LogP contribution in [0.2, 0.25) is 0 Å². The van der Waals surface area contributed by atoms with E-state index in [0.29, 0.717) is 5.92 Å². The molecule has 0 bridgehead atoms. The molecule has 0 radical (unpaired) electrons. The van der Waals surface area contributed by atoms with Gasteiger partial charge in [-0.3, -0.25) is 0 Å². The van der Waals surface area contributed by atoms with Gasteiger partial charge in [-0.25, -0.2) is 0 Å². The maximum Gasteiger partial charge on any atom is 0 e. The molecular weight excluding hydrogens is 319 g/mol. The predicted molar refractivity (Wildman–Crippen MR) is 79.3 cm³/mol. The van der Waals surface area contributed by atoms with Gasteiger partial charge >= 0.3 is 0 Å². The molecule has 0 spiro atoms. The van der Waals surface area contributed by atoms with E-state index < -0.39 is 0 Å². The van der Waals surface area contributed by atoms with Crippen molar-refractivity contribution in [1.29, 1.82) is 0 Å². The molecule has 0 aliphatic heterocycles. The van der Waals surface area contributed by atoms with Gasteiger partial charge in [0, 0.05) is 26.2 Å². The second-order valence-corrected chi connectivity index (χ2v) is 5.39. The summed E-state index contributed by atoms with van der Waals surface area (Å²) in [6.07, 6.45) is 9.74. The Balaban J connectivity index is 0.00000121. The van der Waals surface area contributed by atoms with Crippen molar-refractivity contribution in [2.75, 3.05) is 0 Å². The zero-order valence-corrected chi connectivity index (χ0v) is 13.9. The molecule has 2 aliphatic rings. The minimum absolute atomic E-state index is 0. The van der Waals surface area contributed by atoms with Crippen molar-refractivity contribution in [3.8, 4) is 11.1 Å². The molecule has 0 amide bonds. The molecule has 96 valence electrons. The van der Waals surface area contributed by atoms with Gasteiger partial charge in [-0.2, -0.15) is 23.3 Å². The fourth-order valence-electron chi connectivity index (χ4n) is 3.25. The van der Waals surface area contributed by atoms with Crippen LogP contribution in [0, 0.1) is 13.0 Å². The summed E-state index contributed by atoms with van der Waals surface area (Å²) < 4.78 is 0. The molecular formula is C19H15Zr-. The first kappa shape index (κ1) is 13.8. The molecule has 0 fully saturated rings. The van der Waals surface area contributed by atoms with Crippen LogP contribution in [0.1, 0.15) is 28.2 Å². The summed E-state index contributed by atoms with van der Waals surface area (Å²) in [7, 11) is 0. The van der Waals surface area contributed by atoms with Crippen LogP contribution in [0.25, 0.3) is 11.1 Å². The molecule has 0 heterocycles. The number of hydrogen-bond acceptors (Lipinski definition) is 0. The minimum atomic E-state index is 0. The van der Waals surface area contributed by atoms with Crippen LogP contribution < -0.4 is 0 Å². The molecule has 0 unspecified atom stereocenters. The van der Waals surface area contributed by atoms with Gasteiger partial charge in [0.25, 0.3) is 0 Å². The van der Waals surface area contributed by atoms with Crippen LogP contribution in [-0.2, 0) is 32.6 Å². The van der Waals surface area contributed by atoms with E-state index in [4.69, 9.17) is 0 Å². The SMILES string of the molecule is Cc1cc(C2C=CC=C2)[c-]c2c1-c1ccccc1C2.[Zr].